The summed E-state index contributed by atoms with van der Waals surface area (Å²) in [4.78, 5) is 33.3. The molecule has 2 aromatic rings. The van der Waals surface area contributed by atoms with Crippen LogP contribution in [0.3, 0.4) is 0 Å². The number of nitrogens with one attached hydrogen (secondary N) is 2. The maximum absolute atomic E-state index is 11.5. The molecule has 26 heavy (non-hydrogen) atoms. The molecule has 0 fully saturated rings. The molecule has 8 heteroatoms. The van der Waals surface area contributed by atoms with Gasteiger partial charge >= 0.3 is 5.97 Å². The molecule has 0 saturated heterocycles. The highest BCUT2D eigenvalue weighted by atomic mass is 16.6. The molecule has 0 atom stereocenters. The number of primary amides is 1. The number of hydrogen-bond acceptors (Lipinski definition) is 6. The second-order valence-electron chi connectivity index (χ2n) is 5.21. The number of carbonyl (C=O) groups is 3. The van der Waals surface area contributed by atoms with Gasteiger partial charge in [0, 0.05) is 11.4 Å². The summed E-state index contributed by atoms with van der Waals surface area (Å²) in [5.41, 5.74) is 6.71. The average Bonchev–Trinajstić information content (AvgIpc) is 2.65. The maximum Gasteiger partial charge on any atom is 0.344 e. The Hall–Kier alpha value is -3.55. The van der Waals surface area contributed by atoms with E-state index in [9.17, 15) is 14.4 Å². The van der Waals surface area contributed by atoms with Gasteiger partial charge in [-0.05, 0) is 36.4 Å². The van der Waals surface area contributed by atoms with Crippen molar-refractivity contribution in [2.45, 2.75) is 0 Å². The van der Waals surface area contributed by atoms with E-state index in [0.29, 0.717) is 5.75 Å². The van der Waals surface area contributed by atoms with E-state index in [2.05, 4.69) is 10.6 Å². The first-order valence-electron chi connectivity index (χ1n) is 7.78. The first-order valence-corrected chi connectivity index (χ1v) is 7.78. The van der Waals surface area contributed by atoms with Gasteiger partial charge in [-0.1, -0.05) is 18.2 Å². The number of amides is 2. The summed E-state index contributed by atoms with van der Waals surface area (Å²) < 4.78 is 10.0. The van der Waals surface area contributed by atoms with Crippen molar-refractivity contribution in [1.82, 2.24) is 5.32 Å². The fourth-order valence-corrected chi connectivity index (χ4v) is 1.89. The molecule has 136 valence electrons. The minimum absolute atomic E-state index is 0.309. The molecule has 0 spiro atoms. The quantitative estimate of drug-likeness (QED) is 0.575. The summed E-state index contributed by atoms with van der Waals surface area (Å²) in [6.45, 7) is -1.15. The van der Waals surface area contributed by atoms with Crippen LogP contribution in [0.5, 0.6) is 5.75 Å². The molecule has 4 N–H and O–H groups in total. The Labute approximate surface area is 150 Å². The van der Waals surface area contributed by atoms with E-state index in [-0.39, 0.29) is 13.2 Å². The van der Waals surface area contributed by atoms with Crippen LogP contribution in [0.1, 0.15) is 0 Å². The molecule has 0 saturated carbocycles. The van der Waals surface area contributed by atoms with Gasteiger partial charge < -0.3 is 25.8 Å². The lowest BCUT2D eigenvalue weighted by molar-refractivity contribution is -0.150. The van der Waals surface area contributed by atoms with Gasteiger partial charge in [0.05, 0.1) is 6.54 Å². The molecule has 0 aliphatic carbocycles. The van der Waals surface area contributed by atoms with Crippen LogP contribution in [-0.4, -0.2) is 37.5 Å². The van der Waals surface area contributed by atoms with E-state index in [1.807, 2.05) is 42.5 Å². The number of ether oxygens (including phenoxy) is 2. The van der Waals surface area contributed by atoms with Crippen molar-refractivity contribution >= 4 is 29.2 Å². The van der Waals surface area contributed by atoms with Gasteiger partial charge in [0.25, 0.3) is 5.91 Å². The molecule has 2 rings (SSSR count). The summed E-state index contributed by atoms with van der Waals surface area (Å²) in [6, 6.07) is 16.7. The predicted molar refractivity (Wildman–Crippen MR) is 94.8 cm³/mol. The van der Waals surface area contributed by atoms with Gasteiger partial charge in [-0.3, -0.25) is 9.59 Å². The summed E-state index contributed by atoms with van der Waals surface area (Å²) in [5.74, 6) is -1.52. The second-order valence-corrected chi connectivity index (χ2v) is 5.21. The Balaban J connectivity index is 1.71. The number of hydrogen-bond donors (Lipinski definition) is 3. The third kappa shape index (κ3) is 6.91. The summed E-state index contributed by atoms with van der Waals surface area (Å²) >= 11 is 0. The maximum atomic E-state index is 11.5. The largest absolute Gasteiger partial charge is 0.482 e. The van der Waals surface area contributed by atoms with E-state index in [1.54, 1.807) is 12.1 Å². The van der Waals surface area contributed by atoms with Crippen LogP contribution in [0.4, 0.5) is 11.4 Å². The minimum atomic E-state index is -0.703. The standard InChI is InChI=1S/C18H19N3O5/c19-16(22)10-20-17(23)11-26-18(24)12-25-15-8-6-14(7-9-15)21-13-4-2-1-3-5-13/h1-9,21H,10-12H2,(H2,19,22)(H,20,23). The molecule has 2 amide bonds. The summed E-state index contributed by atoms with van der Waals surface area (Å²) in [7, 11) is 0. The van der Waals surface area contributed by atoms with Gasteiger partial charge in [-0.15, -0.1) is 0 Å². The molecule has 0 aliphatic heterocycles. The fourth-order valence-electron chi connectivity index (χ4n) is 1.89. The summed E-state index contributed by atoms with van der Waals surface area (Å²) in [6.07, 6.45) is 0. The number of benzene rings is 2. The molecular formula is C18H19N3O5. The van der Waals surface area contributed by atoms with Crippen LogP contribution in [-0.2, 0) is 19.1 Å². The topological polar surface area (TPSA) is 120 Å². The van der Waals surface area contributed by atoms with Crippen molar-refractivity contribution in [3.05, 3.63) is 54.6 Å². The van der Waals surface area contributed by atoms with Crippen molar-refractivity contribution in [1.29, 1.82) is 0 Å². The average molecular weight is 357 g/mol. The Morgan fingerprint density at radius 2 is 1.54 bits per heavy atom. The third-order valence-electron chi connectivity index (χ3n) is 3.10. The molecule has 2 aromatic carbocycles. The molecule has 0 heterocycles. The Kier molecular flexibility index (Phi) is 6.99. The highest BCUT2D eigenvalue weighted by molar-refractivity contribution is 5.85. The van der Waals surface area contributed by atoms with Gasteiger partial charge in [0.1, 0.15) is 5.75 Å². The molecule has 0 radical (unpaired) electrons. The van der Waals surface area contributed by atoms with Crippen molar-refractivity contribution in [2.75, 3.05) is 25.1 Å². The number of anilines is 2. The predicted octanol–water partition coefficient (Wildman–Crippen LogP) is 0.954. The zero-order valence-corrected chi connectivity index (χ0v) is 13.9. The van der Waals surface area contributed by atoms with Gasteiger partial charge in [0.15, 0.2) is 13.2 Å². The van der Waals surface area contributed by atoms with E-state index in [4.69, 9.17) is 15.2 Å². The zero-order chi connectivity index (χ0) is 18.8. The number of para-hydroxylation sites is 1. The number of rotatable bonds is 9. The Morgan fingerprint density at radius 3 is 2.19 bits per heavy atom. The smallest absolute Gasteiger partial charge is 0.344 e. The minimum Gasteiger partial charge on any atom is -0.482 e. The van der Waals surface area contributed by atoms with Crippen LogP contribution in [0, 0.1) is 0 Å². The molecule has 8 nitrogen and oxygen atoms in total. The van der Waals surface area contributed by atoms with E-state index < -0.39 is 24.4 Å². The van der Waals surface area contributed by atoms with E-state index in [1.165, 1.54) is 0 Å². The van der Waals surface area contributed by atoms with Crippen LogP contribution >= 0.6 is 0 Å². The summed E-state index contributed by atoms with van der Waals surface area (Å²) in [5, 5.41) is 5.42. The zero-order valence-electron chi connectivity index (χ0n) is 13.9. The van der Waals surface area contributed by atoms with Crippen molar-refractivity contribution in [2.24, 2.45) is 5.73 Å². The van der Waals surface area contributed by atoms with E-state index in [0.717, 1.165) is 11.4 Å². The number of esters is 1. The van der Waals surface area contributed by atoms with Gasteiger partial charge in [-0.25, -0.2) is 4.79 Å². The molecule has 0 bridgehead atoms. The lowest BCUT2D eigenvalue weighted by Crippen LogP contribution is -2.36. The first-order chi connectivity index (χ1) is 12.5. The SMILES string of the molecule is NC(=O)CNC(=O)COC(=O)COc1ccc(Nc2ccccc2)cc1. The highest BCUT2D eigenvalue weighted by Gasteiger charge is 2.09. The van der Waals surface area contributed by atoms with Crippen LogP contribution in [0.15, 0.2) is 54.6 Å². The van der Waals surface area contributed by atoms with Crippen LogP contribution < -0.4 is 21.1 Å². The molecule has 0 unspecified atom stereocenters. The third-order valence-corrected chi connectivity index (χ3v) is 3.10. The number of carbonyl (C=O) groups excluding carboxylic acids is 3. The first kappa shape index (κ1) is 18.8. The molecular weight excluding hydrogens is 338 g/mol. The lowest BCUT2D eigenvalue weighted by atomic mass is 10.2. The van der Waals surface area contributed by atoms with Crippen molar-refractivity contribution < 1.29 is 23.9 Å². The Bertz CT molecular complexity index is 747. The lowest BCUT2D eigenvalue weighted by Gasteiger charge is -2.09. The van der Waals surface area contributed by atoms with Crippen molar-refractivity contribution in [3.63, 3.8) is 0 Å². The second kappa shape index (κ2) is 9.67. The van der Waals surface area contributed by atoms with Crippen LogP contribution in [0.2, 0.25) is 0 Å². The highest BCUT2D eigenvalue weighted by Crippen LogP contribution is 2.19. The van der Waals surface area contributed by atoms with Gasteiger partial charge in [-0.2, -0.15) is 0 Å². The molecule has 0 aromatic heterocycles. The van der Waals surface area contributed by atoms with Crippen molar-refractivity contribution in [3.8, 4) is 5.75 Å². The molecule has 0 aliphatic rings. The fraction of sp³-hybridized carbons (Fsp3) is 0.167. The van der Waals surface area contributed by atoms with E-state index >= 15 is 0 Å². The van der Waals surface area contributed by atoms with Gasteiger partial charge in [0.2, 0.25) is 5.91 Å². The van der Waals surface area contributed by atoms with Crippen LogP contribution in [0.25, 0.3) is 0 Å². The number of nitrogens with two attached hydrogens (primary N) is 1. The Morgan fingerprint density at radius 1 is 0.885 bits per heavy atom. The monoisotopic (exact) mass is 357 g/mol. The normalized spacial score (nSPS) is 9.85.